The molecule has 3 heterocycles. The van der Waals surface area contributed by atoms with Gasteiger partial charge in [0.15, 0.2) is 17.5 Å². The van der Waals surface area contributed by atoms with E-state index in [1.807, 2.05) is 115 Å². The van der Waals surface area contributed by atoms with E-state index in [1.165, 1.54) is 0 Å². The quantitative estimate of drug-likeness (QED) is 0.168. The summed E-state index contributed by atoms with van der Waals surface area (Å²) in [7, 11) is 0. The third-order valence-corrected chi connectivity index (χ3v) is 10.8. The van der Waals surface area contributed by atoms with Crippen molar-refractivity contribution in [3.05, 3.63) is 200 Å². The summed E-state index contributed by atoms with van der Waals surface area (Å²) in [6.07, 6.45) is 0. The lowest BCUT2D eigenvalue weighted by atomic mass is 10.00. The van der Waals surface area contributed by atoms with Gasteiger partial charge in [-0.15, -0.1) is 0 Å². The molecule has 280 valence electrons. The van der Waals surface area contributed by atoms with Crippen molar-refractivity contribution in [3.63, 3.8) is 0 Å². The fourth-order valence-electron chi connectivity index (χ4n) is 7.86. The first-order valence-electron chi connectivity index (χ1n) is 23.9. The highest BCUT2D eigenvalue weighted by molar-refractivity contribution is 6.15. The minimum absolute atomic E-state index is 0.0141. The summed E-state index contributed by atoms with van der Waals surface area (Å²) >= 11 is 0. The van der Waals surface area contributed by atoms with Crippen molar-refractivity contribution in [2.75, 3.05) is 0 Å². The number of nitrogens with zero attached hydrogens (tertiary/aromatic N) is 3. The zero-order valence-corrected chi connectivity index (χ0v) is 31.5. The molecule has 9 aromatic carbocycles. The highest BCUT2D eigenvalue weighted by Crippen LogP contribution is 2.39. The maximum Gasteiger partial charge on any atom is 0.164 e. The fraction of sp³-hybridized carbons (Fsp3) is 0. The van der Waals surface area contributed by atoms with Crippen molar-refractivity contribution in [1.82, 2.24) is 15.0 Å². The second-order valence-electron chi connectivity index (χ2n) is 14.5. The van der Waals surface area contributed by atoms with Crippen molar-refractivity contribution in [3.8, 4) is 67.5 Å². The molecule has 60 heavy (non-hydrogen) atoms. The van der Waals surface area contributed by atoms with Gasteiger partial charge in [-0.25, -0.2) is 15.0 Å². The molecule has 0 saturated carbocycles. The number of aromatic nitrogens is 3. The van der Waals surface area contributed by atoms with Crippen LogP contribution in [0.1, 0.15) is 12.3 Å². The van der Waals surface area contributed by atoms with Gasteiger partial charge in [-0.3, -0.25) is 0 Å². The van der Waals surface area contributed by atoms with Gasteiger partial charge in [0.05, 0.1) is 12.3 Å². The van der Waals surface area contributed by atoms with Crippen molar-refractivity contribution >= 4 is 54.6 Å². The van der Waals surface area contributed by atoms with E-state index >= 15 is 0 Å². The molecular formula is C55H33N3O2. The second-order valence-corrected chi connectivity index (χ2v) is 14.5. The Morgan fingerprint density at radius 3 is 1.80 bits per heavy atom. The Balaban J connectivity index is 1.03. The zero-order chi connectivity index (χ0) is 47.4. The summed E-state index contributed by atoms with van der Waals surface area (Å²) in [4.78, 5) is 15.1. The van der Waals surface area contributed by atoms with Gasteiger partial charge < -0.3 is 8.83 Å². The maximum absolute atomic E-state index is 9.57. The monoisotopic (exact) mass is 776 g/mol. The Bertz CT molecular complexity index is 4120. The number of hydrogen-bond donors (Lipinski definition) is 0. The number of rotatable bonds is 6. The normalized spacial score (nSPS) is 13.8. The van der Waals surface area contributed by atoms with Gasteiger partial charge in [0.2, 0.25) is 0 Å². The lowest BCUT2D eigenvalue weighted by Gasteiger charge is -2.10. The Morgan fingerprint density at radius 2 is 0.983 bits per heavy atom. The molecule has 12 rings (SSSR count). The fourth-order valence-corrected chi connectivity index (χ4v) is 7.86. The van der Waals surface area contributed by atoms with Gasteiger partial charge >= 0.3 is 0 Å². The van der Waals surface area contributed by atoms with E-state index in [2.05, 4.69) is 12.1 Å². The SMILES string of the molecule is [2H]c1c(-c2cccc(-c3nc(-c4ccc(-c5ccccc5)cc4)nc(-c4ccc5c(c4)oc4c(-c6ccccc6)cccc45)n3)c2)c([2H])c2c(oc3c4c([2H])c([2H])c([2H])c([2H])c4c([2H])c([2H])c32)c1[2H]. The van der Waals surface area contributed by atoms with Gasteiger partial charge in [0.1, 0.15) is 22.3 Å². The van der Waals surface area contributed by atoms with E-state index in [9.17, 15) is 2.74 Å². The van der Waals surface area contributed by atoms with E-state index in [0.29, 0.717) is 39.7 Å². The number of furan rings is 2. The van der Waals surface area contributed by atoms with Crippen LogP contribution in [0.3, 0.4) is 0 Å². The average molecular weight is 777 g/mol. The molecule has 0 aliphatic heterocycles. The molecule has 0 saturated heterocycles. The molecule has 0 N–H and O–H groups in total. The molecule has 0 unspecified atom stereocenters. The van der Waals surface area contributed by atoms with Crippen molar-refractivity contribution in [1.29, 1.82) is 0 Å². The van der Waals surface area contributed by atoms with Crippen molar-refractivity contribution in [2.24, 2.45) is 0 Å². The lowest BCUT2D eigenvalue weighted by Crippen LogP contribution is -2.00. The van der Waals surface area contributed by atoms with Crippen LogP contribution in [0.15, 0.2) is 209 Å². The van der Waals surface area contributed by atoms with Crippen molar-refractivity contribution < 1.29 is 21.2 Å². The molecule has 5 nitrogen and oxygen atoms in total. The van der Waals surface area contributed by atoms with Crippen LogP contribution in [0.5, 0.6) is 0 Å². The van der Waals surface area contributed by atoms with E-state index in [-0.39, 0.29) is 50.4 Å². The standard InChI is InChI=1S/C55H33N3O2/c1-3-11-34(12-4-1)35-21-23-38(24-22-35)53-56-54(58-55(57-53)42-26-28-45-46-20-10-19-44(36-13-5-2-6-14-36)51(46)60-50(45)33-42)41-17-9-16-39(31-41)40-27-30-49-48(32-40)47-29-25-37-15-7-8-18-43(37)52(47)59-49/h1-33H/i7D,8D,15D,18D,25D,27D,29D,30D,32D. The first-order valence-corrected chi connectivity index (χ1v) is 19.4. The summed E-state index contributed by atoms with van der Waals surface area (Å²) in [5.41, 5.74) is 7.54. The third-order valence-electron chi connectivity index (χ3n) is 10.8. The second kappa shape index (κ2) is 13.8. The number of para-hydroxylation sites is 1. The molecule has 0 spiro atoms. The first kappa shape index (κ1) is 26.0. The van der Waals surface area contributed by atoms with E-state index in [4.69, 9.17) is 33.4 Å². The molecule has 12 aromatic rings. The Labute approximate surface area is 357 Å². The first-order chi connectivity index (χ1) is 33.5. The van der Waals surface area contributed by atoms with Crippen LogP contribution in [0, 0.1) is 0 Å². The highest BCUT2D eigenvalue weighted by atomic mass is 16.3. The summed E-state index contributed by atoms with van der Waals surface area (Å²) in [5, 5.41) is 1.52. The summed E-state index contributed by atoms with van der Waals surface area (Å²) < 4.78 is 92.3. The molecule has 0 fully saturated rings. The average Bonchev–Trinajstić information content (AvgIpc) is 3.98. The summed E-state index contributed by atoms with van der Waals surface area (Å²) in [6, 6.07) is 43.2. The number of fused-ring (bicyclic) bond motifs is 8. The molecule has 0 atom stereocenters. The van der Waals surface area contributed by atoms with Gasteiger partial charge in [0.25, 0.3) is 0 Å². The topological polar surface area (TPSA) is 65.0 Å². The minimum atomic E-state index is -0.558. The predicted molar refractivity (Wildman–Crippen MR) is 245 cm³/mol. The van der Waals surface area contributed by atoms with Gasteiger partial charge in [-0.05, 0) is 69.5 Å². The maximum atomic E-state index is 9.57. The third kappa shape index (κ3) is 5.75. The molecular weight excluding hydrogens is 735 g/mol. The minimum Gasteiger partial charge on any atom is -0.455 e. The number of hydrogen-bond acceptors (Lipinski definition) is 5. The summed E-state index contributed by atoms with van der Waals surface area (Å²) in [6.45, 7) is 0. The Kier molecular flexibility index (Phi) is 5.95. The van der Waals surface area contributed by atoms with Crippen LogP contribution in [-0.4, -0.2) is 15.0 Å². The van der Waals surface area contributed by atoms with Crippen LogP contribution < -0.4 is 0 Å². The van der Waals surface area contributed by atoms with E-state index in [0.717, 1.165) is 44.2 Å². The highest BCUT2D eigenvalue weighted by Gasteiger charge is 2.18. The van der Waals surface area contributed by atoms with Crippen LogP contribution in [-0.2, 0) is 0 Å². The predicted octanol–water partition coefficient (Wildman–Crippen LogP) is 14.8. The Morgan fingerprint density at radius 1 is 0.350 bits per heavy atom. The summed E-state index contributed by atoms with van der Waals surface area (Å²) in [5.74, 6) is 1.07. The van der Waals surface area contributed by atoms with Gasteiger partial charge in [-0.1, -0.05) is 164 Å². The smallest absolute Gasteiger partial charge is 0.164 e. The van der Waals surface area contributed by atoms with Crippen molar-refractivity contribution in [2.45, 2.75) is 0 Å². The largest absolute Gasteiger partial charge is 0.455 e. The molecule has 0 radical (unpaired) electrons. The lowest BCUT2D eigenvalue weighted by molar-refractivity contribution is 0.670. The van der Waals surface area contributed by atoms with Crippen LogP contribution >= 0.6 is 0 Å². The molecule has 3 aromatic heterocycles. The van der Waals surface area contributed by atoms with E-state index < -0.39 is 42.3 Å². The molecule has 0 bridgehead atoms. The molecule has 0 aliphatic carbocycles. The molecule has 0 aliphatic rings. The zero-order valence-electron chi connectivity index (χ0n) is 40.5. The molecule has 5 heteroatoms. The van der Waals surface area contributed by atoms with Crippen LogP contribution in [0.4, 0.5) is 0 Å². The van der Waals surface area contributed by atoms with Gasteiger partial charge in [0, 0.05) is 49.2 Å². The number of benzene rings is 9. The van der Waals surface area contributed by atoms with Crippen LogP contribution in [0.25, 0.3) is 122 Å². The van der Waals surface area contributed by atoms with Gasteiger partial charge in [-0.2, -0.15) is 0 Å². The van der Waals surface area contributed by atoms with Crippen LogP contribution in [0.2, 0.25) is 0 Å². The molecule has 0 amide bonds. The Hall–Kier alpha value is -8.15. The van der Waals surface area contributed by atoms with E-state index in [1.54, 1.807) is 18.2 Å².